The van der Waals surface area contributed by atoms with Gasteiger partial charge in [0.15, 0.2) is 6.21 Å². The Hall–Kier alpha value is -1.61. The van der Waals surface area contributed by atoms with Crippen molar-refractivity contribution in [3.63, 3.8) is 0 Å². The highest BCUT2D eigenvalue weighted by Crippen LogP contribution is 2.21. The maximum Gasteiger partial charge on any atom is 0.228 e. The summed E-state index contributed by atoms with van der Waals surface area (Å²) in [6, 6.07) is 13.2. The lowest BCUT2D eigenvalue weighted by molar-refractivity contribution is -0.463. The fourth-order valence-electron chi connectivity index (χ4n) is 2.79. The summed E-state index contributed by atoms with van der Waals surface area (Å²) in [6.45, 7) is 10.4. The topological polar surface area (TPSA) is 7.94 Å². The minimum atomic E-state index is -1.27. The Morgan fingerprint density at radius 3 is 2.47 bits per heavy atom. The predicted molar refractivity (Wildman–Crippen MR) is 83.7 cm³/mol. The van der Waals surface area contributed by atoms with Gasteiger partial charge < -0.3 is 0 Å². The van der Waals surface area contributed by atoms with E-state index in [-0.39, 0.29) is 0 Å². The van der Waals surface area contributed by atoms with Gasteiger partial charge in [-0.15, -0.1) is 0 Å². The molecular formula is C16H21N2Si+. The van der Waals surface area contributed by atoms with Crippen molar-refractivity contribution in [1.29, 1.82) is 0 Å². The van der Waals surface area contributed by atoms with Crippen molar-refractivity contribution in [3.05, 3.63) is 47.7 Å². The molecule has 0 saturated heterocycles. The van der Waals surface area contributed by atoms with Gasteiger partial charge in [0, 0.05) is 16.9 Å². The Bertz CT molecular complexity index is 660. The third kappa shape index (κ3) is 2.08. The van der Waals surface area contributed by atoms with E-state index in [1.807, 2.05) is 0 Å². The fourth-order valence-corrected chi connectivity index (χ4v) is 4.39. The van der Waals surface area contributed by atoms with E-state index in [9.17, 15) is 0 Å². The van der Waals surface area contributed by atoms with Crippen LogP contribution in [0.5, 0.6) is 0 Å². The molecule has 3 heteroatoms. The fraction of sp³-hybridized carbons (Fsp3) is 0.312. The zero-order chi connectivity index (χ0) is 13.6. The van der Waals surface area contributed by atoms with E-state index in [2.05, 4.69) is 78.3 Å². The van der Waals surface area contributed by atoms with Gasteiger partial charge >= 0.3 is 0 Å². The van der Waals surface area contributed by atoms with Gasteiger partial charge in [-0.2, -0.15) is 4.58 Å². The third-order valence-corrected chi connectivity index (χ3v) is 5.76. The molecule has 0 fully saturated rings. The lowest BCUT2D eigenvalue weighted by Crippen LogP contribution is -2.43. The first kappa shape index (κ1) is 12.4. The molecule has 1 aliphatic rings. The lowest BCUT2D eigenvalue weighted by Gasteiger charge is -2.17. The quantitative estimate of drug-likeness (QED) is 0.585. The summed E-state index contributed by atoms with van der Waals surface area (Å²) in [4.78, 5) is 0. The minimum Gasteiger partial charge on any atom is -0.288 e. The molecule has 19 heavy (non-hydrogen) atoms. The lowest BCUT2D eigenvalue weighted by atomic mass is 10.2. The molecule has 0 atom stereocenters. The summed E-state index contributed by atoms with van der Waals surface area (Å²) in [7, 11) is -1.27. The van der Waals surface area contributed by atoms with Gasteiger partial charge in [0.2, 0.25) is 12.4 Å². The summed E-state index contributed by atoms with van der Waals surface area (Å²) in [5, 5.41) is 1.54. The van der Waals surface area contributed by atoms with Crippen molar-refractivity contribution in [2.75, 3.05) is 0 Å². The second-order valence-corrected chi connectivity index (χ2v) is 11.4. The Morgan fingerprint density at radius 1 is 1.05 bits per heavy atom. The molecule has 1 aliphatic heterocycles. The van der Waals surface area contributed by atoms with Crippen LogP contribution in [0.2, 0.25) is 19.6 Å². The van der Waals surface area contributed by atoms with Crippen molar-refractivity contribution in [2.45, 2.75) is 33.2 Å². The van der Waals surface area contributed by atoms with Crippen molar-refractivity contribution in [3.8, 4) is 0 Å². The number of aromatic nitrogens is 1. The van der Waals surface area contributed by atoms with Gasteiger partial charge in [-0.25, -0.2) is 0 Å². The standard InChI is InChI=1S/C16H21N2Si/c1-13-7-5-6-8-15(13)17-11-14-9-10-16(18(14)12-17)19(2,3)4/h5-11H,12H2,1-4H3/q+1. The molecule has 2 heterocycles. The SMILES string of the molecule is Cc1ccccc1[N+]1=Cc2ccc([Si](C)(C)C)n2C1. The smallest absolute Gasteiger partial charge is 0.228 e. The molecule has 0 radical (unpaired) electrons. The molecule has 0 bridgehead atoms. The van der Waals surface area contributed by atoms with E-state index < -0.39 is 8.07 Å². The number of nitrogens with zero attached hydrogens (tertiary/aromatic N) is 2. The first-order valence-electron chi connectivity index (χ1n) is 6.84. The predicted octanol–water partition coefficient (Wildman–Crippen LogP) is 3.08. The largest absolute Gasteiger partial charge is 0.288 e. The number of fused-ring (bicyclic) bond motifs is 1. The number of aryl methyl sites for hydroxylation is 1. The molecule has 98 valence electrons. The molecule has 2 aromatic rings. The van der Waals surface area contributed by atoms with Crippen LogP contribution in [-0.4, -0.2) is 23.4 Å². The van der Waals surface area contributed by atoms with Crippen LogP contribution < -0.4 is 5.32 Å². The summed E-state index contributed by atoms with van der Waals surface area (Å²) < 4.78 is 4.83. The highest BCUT2D eigenvalue weighted by atomic mass is 28.3. The average Bonchev–Trinajstić information content (AvgIpc) is 2.86. The van der Waals surface area contributed by atoms with Gasteiger partial charge in [0.05, 0.1) is 8.07 Å². The first-order chi connectivity index (χ1) is 8.97. The zero-order valence-corrected chi connectivity index (χ0v) is 13.1. The highest BCUT2D eigenvalue weighted by Gasteiger charge is 2.29. The average molecular weight is 269 g/mol. The molecule has 0 aliphatic carbocycles. The van der Waals surface area contributed by atoms with Crippen LogP contribution in [0.1, 0.15) is 11.3 Å². The van der Waals surface area contributed by atoms with Gasteiger partial charge in [-0.1, -0.05) is 37.8 Å². The maximum atomic E-state index is 2.47. The molecule has 1 aromatic heterocycles. The molecule has 0 unspecified atom stereocenters. The number of benzene rings is 1. The Labute approximate surface area is 116 Å². The van der Waals surface area contributed by atoms with E-state index >= 15 is 0 Å². The molecule has 0 N–H and O–H groups in total. The van der Waals surface area contributed by atoms with Gasteiger partial charge in [-0.3, -0.25) is 4.57 Å². The van der Waals surface area contributed by atoms with Gasteiger partial charge in [-0.05, 0) is 19.1 Å². The van der Waals surface area contributed by atoms with Crippen LogP contribution in [0.4, 0.5) is 5.69 Å². The second kappa shape index (κ2) is 4.20. The number of para-hydroxylation sites is 1. The van der Waals surface area contributed by atoms with Crippen molar-refractivity contribution in [2.24, 2.45) is 0 Å². The summed E-state index contributed by atoms with van der Waals surface area (Å²) in [5.41, 5.74) is 3.98. The molecule has 3 rings (SSSR count). The molecule has 1 aromatic carbocycles. The second-order valence-electron chi connectivity index (χ2n) is 6.35. The minimum absolute atomic E-state index is 0.951. The molecule has 2 nitrogen and oxygen atoms in total. The zero-order valence-electron chi connectivity index (χ0n) is 12.1. The third-order valence-electron chi connectivity index (χ3n) is 3.79. The van der Waals surface area contributed by atoms with Crippen LogP contribution in [0.3, 0.4) is 0 Å². The van der Waals surface area contributed by atoms with Crippen LogP contribution in [-0.2, 0) is 6.67 Å². The maximum absolute atomic E-state index is 2.47. The Kier molecular flexibility index (Phi) is 2.75. The van der Waals surface area contributed by atoms with Crippen LogP contribution in [0.15, 0.2) is 36.4 Å². The highest BCUT2D eigenvalue weighted by molar-refractivity contribution is 6.88. The Balaban J connectivity index is 2.00. The van der Waals surface area contributed by atoms with Gasteiger partial charge in [0.25, 0.3) is 0 Å². The van der Waals surface area contributed by atoms with E-state index in [1.165, 1.54) is 22.3 Å². The van der Waals surface area contributed by atoms with Gasteiger partial charge in [0.1, 0.15) is 5.69 Å². The first-order valence-corrected chi connectivity index (χ1v) is 10.3. The van der Waals surface area contributed by atoms with Crippen LogP contribution in [0, 0.1) is 6.92 Å². The van der Waals surface area contributed by atoms with Crippen molar-refractivity contribution < 1.29 is 4.58 Å². The van der Waals surface area contributed by atoms with Crippen LogP contribution in [0.25, 0.3) is 0 Å². The van der Waals surface area contributed by atoms with E-state index in [1.54, 1.807) is 0 Å². The Morgan fingerprint density at radius 2 is 1.79 bits per heavy atom. The summed E-state index contributed by atoms with van der Waals surface area (Å²) in [5.74, 6) is 0. The van der Waals surface area contributed by atoms with E-state index in [0.717, 1.165) is 6.67 Å². The van der Waals surface area contributed by atoms with Crippen molar-refractivity contribution in [1.82, 2.24) is 4.57 Å². The number of rotatable bonds is 2. The number of hydrogen-bond donors (Lipinski definition) is 0. The van der Waals surface area contributed by atoms with Crippen molar-refractivity contribution >= 4 is 25.3 Å². The summed E-state index contributed by atoms with van der Waals surface area (Å²) in [6.07, 6.45) is 2.27. The van der Waals surface area contributed by atoms with E-state index in [4.69, 9.17) is 0 Å². The molecule has 0 amide bonds. The molecule has 0 saturated carbocycles. The number of hydrogen-bond acceptors (Lipinski definition) is 0. The summed E-state index contributed by atoms with van der Waals surface area (Å²) >= 11 is 0. The monoisotopic (exact) mass is 269 g/mol. The van der Waals surface area contributed by atoms with E-state index in [0.29, 0.717) is 0 Å². The normalized spacial score (nSPS) is 14.4. The van der Waals surface area contributed by atoms with Crippen LogP contribution >= 0.6 is 0 Å². The molecular weight excluding hydrogens is 248 g/mol. The molecule has 0 spiro atoms.